The van der Waals surface area contributed by atoms with Gasteiger partial charge < -0.3 is 5.32 Å². The van der Waals surface area contributed by atoms with Crippen LogP contribution in [0.2, 0.25) is 0 Å². The highest BCUT2D eigenvalue weighted by Gasteiger charge is 2.45. The lowest BCUT2D eigenvalue weighted by molar-refractivity contribution is 0.147. The number of halogens is 1. The minimum atomic E-state index is -0.0515. The third kappa shape index (κ3) is 2.27. The molecule has 110 valence electrons. The van der Waals surface area contributed by atoms with Gasteiger partial charge in [-0.2, -0.15) is 0 Å². The summed E-state index contributed by atoms with van der Waals surface area (Å²) in [6, 6.07) is 8.12. The van der Waals surface area contributed by atoms with Gasteiger partial charge in [0.15, 0.2) is 0 Å². The molecule has 1 aromatic carbocycles. The molecule has 2 saturated heterocycles. The van der Waals surface area contributed by atoms with E-state index in [1.54, 1.807) is 12.1 Å². The van der Waals surface area contributed by atoms with Crippen molar-refractivity contribution in [2.45, 2.75) is 38.8 Å². The van der Waals surface area contributed by atoms with E-state index >= 15 is 0 Å². The number of nitrogens with zero attached hydrogens (tertiary/aromatic N) is 1. The molecule has 0 amide bonds. The summed E-state index contributed by atoms with van der Waals surface area (Å²) in [4.78, 5) is 2.58. The first-order valence-corrected chi connectivity index (χ1v) is 7.97. The normalized spacial score (nSPS) is 31.4. The lowest BCUT2D eigenvalue weighted by Crippen LogP contribution is -2.38. The number of nitrogens with one attached hydrogen (secondary N) is 1. The van der Waals surface area contributed by atoms with Crippen LogP contribution >= 0.6 is 0 Å². The number of likely N-dealkylation sites (tertiary alicyclic amines) is 1. The fourth-order valence-corrected chi connectivity index (χ4v) is 4.33. The summed E-state index contributed by atoms with van der Waals surface area (Å²) in [5.74, 6) is 1.45. The molecule has 3 heteroatoms. The molecule has 2 aliphatic rings. The van der Waals surface area contributed by atoms with Crippen LogP contribution in [0.1, 0.15) is 38.3 Å². The molecule has 0 spiro atoms. The maximum Gasteiger partial charge on any atom is 0.127 e. The largest absolute Gasteiger partial charge is 0.316 e. The van der Waals surface area contributed by atoms with Crippen molar-refractivity contribution in [2.75, 3.05) is 19.6 Å². The molecule has 0 aromatic heterocycles. The molecule has 4 atom stereocenters. The Morgan fingerprint density at radius 3 is 2.80 bits per heavy atom. The van der Waals surface area contributed by atoms with Crippen LogP contribution in [0.3, 0.4) is 0 Å². The summed E-state index contributed by atoms with van der Waals surface area (Å²) in [6.45, 7) is 7.82. The van der Waals surface area contributed by atoms with E-state index in [2.05, 4.69) is 24.1 Å². The van der Waals surface area contributed by atoms with Crippen LogP contribution in [0.25, 0.3) is 0 Å². The second kappa shape index (κ2) is 5.82. The molecular weight excluding hydrogens is 251 g/mol. The van der Waals surface area contributed by atoms with Crippen molar-refractivity contribution in [1.29, 1.82) is 0 Å². The minimum absolute atomic E-state index is 0.0515. The van der Waals surface area contributed by atoms with Gasteiger partial charge >= 0.3 is 0 Å². The Hall–Kier alpha value is -0.930. The van der Waals surface area contributed by atoms with Crippen molar-refractivity contribution >= 4 is 0 Å². The number of fused-ring (bicyclic) bond motifs is 1. The number of hydrogen-bond donors (Lipinski definition) is 1. The third-order valence-corrected chi connectivity index (χ3v) is 5.23. The highest BCUT2D eigenvalue weighted by atomic mass is 19.1. The van der Waals surface area contributed by atoms with Gasteiger partial charge in [-0.25, -0.2) is 4.39 Å². The summed E-state index contributed by atoms with van der Waals surface area (Å²) in [5.41, 5.74) is 0.876. The van der Waals surface area contributed by atoms with Crippen molar-refractivity contribution in [1.82, 2.24) is 10.2 Å². The van der Waals surface area contributed by atoms with E-state index in [-0.39, 0.29) is 11.9 Å². The average molecular weight is 276 g/mol. The van der Waals surface area contributed by atoms with E-state index < -0.39 is 0 Å². The molecule has 2 fully saturated rings. The zero-order valence-electron chi connectivity index (χ0n) is 12.5. The predicted octanol–water partition coefficient (Wildman–Crippen LogP) is 3.21. The molecule has 0 aliphatic carbocycles. The average Bonchev–Trinajstić information content (AvgIpc) is 3.02. The highest BCUT2D eigenvalue weighted by Crippen LogP contribution is 2.41. The summed E-state index contributed by atoms with van der Waals surface area (Å²) in [6.07, 6.45) is 2.14. The first-order chi connectivity index (χ1) is 9.76. The zero-order valence-corrected chi connectivity index (χ0v) is 12.5. The van der Waals surface area contributed by atoms with Crippen LogP contribution in [-0.4, -0.2) is 30.6 Å². The molecule has 0 radical (unpaired) electrons. The second-order valence-corrected chi connectivity index (χ2v) is 6.20. The first kappa shape index (κ1) is 14.0. The molecule has 2 aliphatic heterocycles. The van der Waals surface area contributed by atoms with Crippen LogP contribution in [0.5, 0.6) is 0 Å². The highest BCUT2D eigenvalue weighted by molar-refractivity contribution is 5.22. The molecule has 3 rings (SSSR count). The number of rotatable bonds is 4. The Labute approximate surface area is 121 Å². The van der Waals surface area contributed by atoms with Crippen LogP contribution in [0, 0.1) is 17.7 Å². The van der Waals surface area contributed by atoms with Gasteiger partial charge in [-0.1, -0.05) is 32.0 Å². The van der Waals surface area contributed by atoms with Gasteiger partial charge in [0.05, 0.1) is 0 Å². The quantitative estimate of drug-likeness (QED) is 0.908. The Bertz CT molecular complexity index is 462. The van der Waals surface area contributed by atoms with Gasteiger partial charge in [-0.3, -0.25) is 4.90 Å². The Morgan fingerprint density at radius 2 is 2.10 bits per heavy atom. The zero-order chi connectivity index (χ0) is 14.1. The minimum Gasteiger partial charge on any atom is -0.316 e. The number of benzene rings is 1. The monoisotopic (exact) mass is 276 g/mol. The first-order valence-electron chi connectivity index (χ1n) is 7.97. The lowest BCUT2D eigenvalue weighted by atomic mass is 9.92. The van der Waals surface area contributed by atoms with Crippen LogP contribution in [-0.2, 0) is 0 Å². The van der Waals surface area contributed by atoms with E-state index in [1.807, 2.05) is 12.1 Å². The second-order valence-electron chi connectivity index (χ2n) is 6.20. The lowest BCUT2D eigenvalue weighted by Gasteiger charge is -2.34. The fraction of sp³-hybridized carbons (Fsp3) is 0.647. The van der Waals surface area contributed by atoms with Crippen molar-refractivity contribution in [3.8, 4) is 0 Å². The molecule has 0 saturated carbocycles. The Morgan fingerprint density at radius 1 is 1.30 bits per heavy atom. The smallest absolute Gasteiger partial charge is 0.127 e. The number of hydrogen-bond acceptors (Lipinski definition) is 2. The molecule has 1 N–H and O–H groups in total. The topological polar surface area (TPSA) is 15.3 Å². The SMILES string of the molecule is CCC(c1ccccc1F)N1CC2CNCC2C1CC. The Balaban J connectivity index is 1.88. The molecule has 0 bridgehead atoms. The van der Waals surface area contributed by atoms with Gasteiger partial charge in [0.1, 0.15) is 5.82 Å². The van der Waals surface area contributed by atoms with Crippen molar-refractivity contribution in [3.05, 3.63) is 35.6 Å². The summed E-state index contributed by atoms with van der Waals surface area (Å²) >= 11 is 0. The Kier molecular flexibility index (Phi) is 4.08. The standard InChI is InChI=1S/C17H25FN2/c1-3-16(13-7-5-6-8-15(13)18)20-11-12-9-19-10-14(12)17(20)4-2/h5-8,12,14,16-17,19H,3-4,9-11H2,1-2H3. The van der Waals surface area contributed by atoms with Crippen molar-refractivity contribution in [2.24, 2.45) is 11.8 Å². The fourth-order valence-electron chi connectivity index (χ4n) is 4.33. The van der Waals surface area contributed by atoms with E-state index in [0.29, 0.717) is 6.04 Å². The summed E-state index contributed by atoms with van der Waals surface area (Å²) < 4.78 is 14.2. The maximum absolute atomic E-state index is 14.2. The van der Waals surface area contributed by atoms with Gasteiger partial charge in [-0.15, -0.1) is 0 Å². The van der Waals surface area contributed by atoms with Gasteiger partial charge in [0.2, 0.25) is 0 Å². The third-order valence-electron chi connectivity index (χ3n) is 5.23. The molecule has 20 heavy (non-hydrogen) atoms. The molecular formula is C17H25FN2. The molecule has 4 unspecified atom stereocenters. The van der Waals surface area contributed by atoms with Crippen LogP contribution in [0.4, 0.5) is 4.39 Å². The summed E-state index contributed by atoms with van der Waals surface area (Å²) in [7, 11) is 0. The van der Waals surface area contributed by atoms with Gasteiger partial charge in [0.25, 0.3) is 0 Å². The van der Waals surface area contributed by atoms with E-state index in [4.69, 9.17) is 0 Å². The van der Waals surface area contributed by atoms with Crippen LogP contribution in [0.15, 0.2) is 24.3 Å². The van der Waals surface area contributed by atoms with Gasteiger partial charge in [0, 0.05) is 24.2 Å². The van der Waals surface area contributed by atoms with Crippen molar-refractivity contribution < 1.29 is 4.39 Å². The predicted molar refractivity (Wildman–Crippen MR) is 80.1 cm³/mol. The van der Waals surface area contributed by atoms with E-state index in [9.17, 15) is 4.39 Å². The summed E-state index contributed by atoms with van der Waals surface area (Å²) in [5, 5.41) is 3.52. The molecule has 1 aromatic rings. The molecule has 2 nitrogen and oxygen atoms in total. The van der Waals surface area contributed by atoms with Crippen LogP contribution < -0.4 is 5.32 Å². The maximum atomic E-state index is 14.2. The van der Waals surface area contributed by atoms with Gasteiger partial charge in [-0.05, 0) is 43.8 Å². The van der Waals surface area contributed by atoms with E-state index in [1.165, 1.54) is 0 Å². The molecule has 2 heterocycles. The van der Waals surface area contributed by atoms with E-state index in [0.717, 1.165) is 49.9 Å². The van der Waals surface area contributed by atoms with Crippen molar-refractivity contribution in [3.63, 3.8) is 0 Å².